The first kappa shape index (κ1) is 28.3. The normalized spacial score (nSPS) is 28.8. The number of hydrogen-bond acceptors (Lipinski definition) is 1. The van der Waals surface area contributed by atoms with E-state index in [9.17, 15) is 4.79 Å². The molecule has 0 heterocycles. The highest BCUT2D eigenvalue weighted by Gasteiger charge is 2.46. The highest BCUT2D eigenvalue weighted by molar-refractivity contribution is 5.94. The minimum Gasteiger partial charge on any atom is -0.298 e. The molecule has 0 bridgehead atoms. The van der Waals surface area contributed by atoms with Crippen LogP contribution in [0.15, 0.2) is 69.9 Å². The van der Waals surface area contributed by atoms with E-state index in [1.54, 1.807) is 0 Å². The topological polar surface area (TPSA) is 17.1 Å². The Hall–Kier alpha value is -1.89. The molecule has 1 nitrogen and oxygen atoms in total. The summed E-state index contributed by atoms with van der Waals surface area (Å²) in [7, 11) is 0. The Kier molecular flexibility index (Phi) is 10.6. The first-order chi connectivity index (χ1) is 16.0. The van der Waals surface area contributed by atoms with Crippen LogP contribution in [-0.4, -0.2) is 5.78 Å². The molecule has 2 unspecified atom stereocenters. The van der Waals surface area contributed by atoms with Gasteiger partial charge in [-0.1, -0.05) is 69.9 Å². The highest BCUT2D eigenvalue weighted by Crippen LogP contribution is 2.46. The first-order valence-electron chi connectivity index (χ1n) is 13.5. The molecule has 2 aliphatic carbocycles. The molecule has 0 aromatic rings. The largest absolute Gasteiger partial charge is 0.298 e. The summed E-state index contributed by atoms with van der Waals surface area (Å²) in [6.45, 7) is 17.8. The van der Waals surface area contributed by atoms with Crippen molar-refractivity contribution >= 4 is 5.78 Å². The lowest BCUT2D eigenvalue weighted by Crippen LogP contribution is -2.42. The van der Waals surface area contributed by atoms with Crippen molar-refractivity contribution in [3.05, 3.63) is 69.9 Å². The minimum absolute atomic E-state index is 0.402. The lowest BCUT2D eigenvalue weighted by atomic mass is 9.61. The van der Waals surface area contributed by atoms with Gasteiger partial charge in [0.1, 0.15) is 0 Å². The number of ketones is 1. The van der Waals surface area contributed by atoms with Gasteiger partial charge in [0.2, 0.25) is 0 Å². The summed E-state index contributed by atoms with van der Waals surface area (Å²) in [6, 6.07) is 0. The van der Waals surface area contributed by atoms with Crippen molar-refractivity contribution in [3.63, 3.8) is 0 Å². The van der Waals surface area contributed by atoms with E-state index in [2.05, 4.69) is 91.8 Å². The molecule has 0 saturated carbocycles. The molecular formula is C33H50O. The summed E-state index contributed by atoms with van der Waals surface area (Å²) >= 11 is 0. The summed E-state index contributed by atoms with van der Waals surface area (Å²) in [4.78, 5) is 14.6. The van der Waals surface area contributed by atoms with E-state index in [1.807, 2.05) is 0 Å². The Morgan fingerprint density at radius 2 is 0.912 bits per heavy atom. The zero-order chi connectivity index (χ0) is 25.4. The van der Waals surface area contributed by atoms with Crippen molar-refractivity contribution in [3.8, 4) is 0 Å². The third-order valence-electron chi connectivity index (χ3n) is 8.63. The number of carbonyl (C=O) groups is 1. The van der Waals surface area contributed by atoms with Crippen LogP contribution >= 0.6 is 0 Å². The van der Waals surface area contributed by atoms with Crippen LogP contribution in [0, 0.1) is 10.8 Å². The minimum atomic E-state index is -0.458. The van der Waals surface area contributed by atoms with E-state index in [0.717, 1.165) is 64.2 Å². The molecule has 1 heteroatoms. The van der Waals surface area contributed by atoms with E-state index in [1.165, 1.54) is 33.4 Å². The molecule has 0 radical (unpaired) electrons. The van der Waals surface area contributed by atoms with Gasteiger partial charge < -0.3 is 0 Å². The predicted octanol–water partition coefficient (Wildman–Crippen LogP) is 10.2. The van der Waals surface area contributed by atoms with Crippen LogP contribution in [0.2, 0.25) is 0 Å². The van der Waals surface area contributed by atoms with Gasteiger partial charge >= 0.3 is 0 Å². The fraction of sp³-hybridized carbons (Fsp3) is 0.606. The van der Waals surface area contributed by atoms with Gasteiger partial charge in [-0.3, -0.25) is 4.79 Å². The molecule has 0 spiro atoms. The summed E-state index contributed by atoms with van der Waals surface area (Å²) < 4.78 is 0. The monoisotopic (exact) mass is 462 g/mol. The second kappa shape index (κ2) is 12.7. The maximum absolute atomic E-state index is 14.6. The van der Waals surface area contributed by atoms with Gasteiger partial charge in [0.05, 0.1) is 0 Å². The van der Waals surface area contributed by atoms with Crippen LogP contribution in [0.5, 0.6) is 0 Å². The maximum Gasteiger partial charge on any atom is 0.152 e. The zero-order valence-corrected chi connectivity index (χ0v) is 23.4. The van der Waals surface area contributed by atoms with Gasteiger partial charge in [0.15, 0.2) is 5.78 Å². The zero-order valence-electron chi connectivity index (χ0n) is 23.4. The van der Waals surface area contributed by atoms with Gasteiger partial charge in [-0.25, -0.2) is 0 Å². The average Bonchev–Trinajstić information content (AvgIpc) is 2.79. The molecule has 0 N–H and O–H groups in total. The summed E-state index contributed by atoms with van der Waals surface area (Å²) in [6.07, 6.45) is 24.1. The molecule has 0 amide bonds. The van der Waals surface area contributed by atoms with Crippen molar-refractivity contribution in [2.24, 2.45) is 10.8 Å². The molecule has 0 fully saturated rings. The van der Waals surface area contributed by atoms with Crippen LogP contribution in [0.25, 0.3) is 0 Å². The van der Waals surface area contributed by atoms with Gasteiger partial charge in [-0.15, -0.1) is 0 Å². The van der Waals surface area contributed by atoms with E-state index in [-0.39, 0.29) is 0 Å². The van der Waals surface area contributed by atoms with Gasteiger partial charge in [-0.2, -0.15) is 0 Å². The van der Waals surface area contributed by atoms with Gasteiger partial charge in [0.25, 0.3) is 0 Å². The van der Waals surface area contributed by atoms with E-state index >= 15 is 0 Å². The van der Waals surface area contributed by atoms with Crippen molar-refractivity contribution < 1.29 is 4.79 Å². The molecule has 0 aromatic carbocycles. The van der Waals surface area contributed by atoms with Crippen molar-refractivity contribution in [2.75, 3.05) is 0 Å². The molecule has 2 atom stereocenters. The number of Topliss-reactive ketones (excluding diaryl/α,β-unsaturated/α-hetero) is 1. The van der Waals surface area contributed by atoms with E-state index in [4.69, 9.17) is 0 Å². The second-order valence-corrected chi connectivity index (χ2v) is 11.5. The Balaban J connectivity index is 2.52. The van der Waals surface area contributed by atoms with Gasteiger partial charge in [-0.05, 0) is 120 Å². The van der Waals surface area contributed by atoms with Crippen LogP contribution in [-0.2, 0) is 4.79 Å². The molecule has 2 aliphatic rings. The molecule has 34 heavy (non-hydrogen) atoms. The molecule has 2 rings (SSSR count). The molecule has 0 saturated heterocycles. The summed E-state index contributed by atoms with van der Waals surface area (Å²) in [5.74, 6) is 0.402. The second-order valence-electron chi connectivity index (χ2n) is 11.5. The Labute approximate surface area is 210 Å². The van der Waals surface area contributed by atoms with Crippen LogP contribution in [0.3, 0.4) is 0 Å². The summed E-state index contributed by atoms with van der Waals surface area (Å²) in [5.41, 5.74) is 7.26. The fourth-order valence-corrected chi connectivity index (χ4v) is 5.31. The predicted molar refractivity (Wildman–Crippen MR) is 150 cm³/mol. The van der Waals surface area contributed by atoms with E-state index < -0.39 is 10.8 Å². The number of rotatable bonds is 2. The lowest BCUT2D eigenvalue weighted by molar-refractivity contribution is -0.134. The highest BCUT2D eigenvalue weighted by atomic mass is 16.1. The smallest absolute Gasteiger partial charge is 0.152 e. The van der Waals surface area contributed by atoms with Crippen molar-refractivity contribution in [2.45, 2.75) is 120 Å². The van der Waals surface area contributed by atoms with E-state index in [0.29, 0.717) is 5.78 Å². The third-order valence-corrected chi connectivity index (χ3v) is 8.63. The van der Waals surface area contributed by atoms with Crippen LogP contribution in [0.4, 0.5) is 0 Å². The quantitative estimate of drug-likeness (QED) is 0.373. The average molecular weight is 463 g/mol. The maximum atomic E-state index is 14.6. The number of hydrogen-bond donors (Lipinski definition) is 0. The van der Waals surface area contributed by atoms with Crippen LogP contribution in [0.1, 0.15) is 120 Å². The standard InChI is InChI=1S/C33H50O/c1-25-13-9-15-27(3)21-23-32(7,29(5)19-11-17-25)31(34)33(8)24-22-28(4)16-10-14-26(2)18-12-20-30(33)6/h15-20H,9-14,21-24H2,1-8H3. The Morgan fingerprint density at radius 3 is 1.29 bits per heavy atom. The van der Waals surface area contributed by atoms with Crippen molar-refractivity contribution in [1.82, 2.24) is 0 Å². The lowest BCUT2D eigenvalue weighted by Gasteiger charge is -2.40. The fourth-order valence-electron chi connectivity index (χ4n) is 5.31. The van der Waals surface area contributed by atoms with Crippen molar-refractivity contribution in [1.29, 1.82) is 0 Å². The number of carbonyl (C=O) groups excluding carboxylic acids is 1. The summed E-state index contributed by atoms with van der Waals surface area (Å²) in [5, 5.41) is 0. The molecule has 0 aromatic heterocycles. The first-order valence-corrected chi connectivity index (χ1v) is 13.5. The number of allylic oxidation sites excluding steroid dienone is 12. The Morgan fingerprint density at radius 1 is 0.559 bits per heavy atom. The Bertz CT molecular complexity index is 842. The van der Waals surface area contributed by atoms with Gasteiger partial charge in [0, 0.05) is 10.8 Å². The third kappa shape index (κ3) is 7.56. The van der Waals surface area contributed by atoms with Crippen LogP contribution < -0.4 is 0 Å². The molecular weight excluding hydrogens is 412 g/mol. The molecule has 0 aliphatic heterocycles. The molecule has 188 valence electrons. The SMILES string of the molecule is CC1=CCC=C(C)C(C)(C(=O)C2(C)CCC(C)=CCCC(C)=CCC=C2C)CCC(C)=CCC1.